The molecular weight excluding hydrogens is 255 g/mol. The molecule has 0 amide bonds. The highest BCUT2D eigenvalue weighted by molar-refractivity contribution is 6.44. The molecule has 2 aromatic carbocycles. The van der Waals surface area contributed by atoms with E-state index in [4.69, 9.17) is 27.9 Å². The molecular formula is C14H12Cl2O. The minimum atomic E-state index is -0.365. The minimum Gasteiger partial charge on any atom is -0.457 e. The lowest BCUT2D eigenvalue weighted by molar-refractivity contribution is 0.482. The Morgan fingerprint density at radius 1 is 0.824 bits per heavy atom. The van der Waals surface area contributed by atoms with Crippen LogP contribution in [0.15, 0.2) is 54.6 Å². The number of rotatable bonds is 4. The highest BCUT2D eigenvalue weighted by atomic mass is 35.5. The first kappa shape index (κ1) is 12.3. The van der Waals surface area contributed by atoms with Crippen LogP contribution in [0.1, 0.15) is 5.56 Å². The molecule has 0 aliphatic rings. The van der Waals surface area contributed by atoms with Crippen molar-refractivity contribution in [3.63, 3.8) is 0 Å². The van der Waals surface area contributed by atoms with E-state index in [0.717, 1.165) is 17.1 Å². The summed E-state index contributed by atoms with van der Waals surface area (Å²) in [6.07, 6.45) is 0.648. The van der Waals surface area contributed by atoms with Crippen molar-refractivity contribution >= 4 is 23.2 Å². The van der Waals surface area contributed by atoms with Gasteiger partial charge in [0.05, 0.1) is 0 Å². The topological polar surface area (TPSA) is 9.23 Å². The maximum atomic E-state index is 5.72. The summed E-state index contributed by atoms with van der Waals surface area (Å²) in [7, 11) is 0. The number of alkyl halides is 2. The van der Waals surface area contributed by atoms with Gasteiger partial charge in [-0.15, -0.1) is 23.2 Å². The second-order valence-corrected chi connectivity index (χ2v) is 4.93. The molecule has 0 bridgehead atoms. The third kappa shape index (κ3) is 3.95. The van der Waals surface area contributed by atoms with Crippen LogP contribution in [0.4, 0.5) is 0 Å². The summed E-state index contributed by atoms with van der Waals surface area (Å²) in [4.78, 5) is -0.365. The van der Waals surface area contributed by atoms with Crippen molar-refractivity contribution < 1.29 is 4.74 Å². The van der Waals surface area contributed by atoms with Gasteiger partial charge in [-0.1, -0.05) is 30.3 Å². The van der Waals surface area contributed by atoms with Crippen molar-refractivity contribution in [2.24, 2.45) is 0 Å². The molecule has 17 heavy (non-hydrogen) atoms. The third-order valence-electron chi connectivity index (χ3n) is 2.29. The van der Waals surface area contributed by atoms with Crippen LogP contribution in [0.3, 0.4) is 0 Å². The molecule has 88 valence electrons. The molecule has 0 heterocycles. The first-order valence-electron chi connectivity index (χ1n) is 5.34. The van der Waals surface area contributed by atoms with Gasteiger partial charge in [0.25, 0.3) is 0 Å². The molecule has 1 nitrogen and oxygen atoms in total. The van der Waals surface area contributed by atoms with Gasteiger partial charge in [-0.3, -0.25) is 0 Å². The predicted molar refractivity (Wildman–Crippen MR) is 72.2 cm³/mol. The van der Waals surface area contributed by atoms with Crippen molar-refractivity contribution in [2.75, 3.05) is 0 Å². The van der Waals surface area contributed by atoms with Crippen LogP contribution in [-0.2, 0) is 6.42 Å². The number of ether oxygens (including phenoxy) is 1. The summed E-state index contributed by atoms with van der Waals surface area (Å²) in [6.45, 7) is 0. The molecule has 0 saturated heterocycles. The Balaban J connectivity index is 2.03. The first-order chi connectivity index (χ1) is 8.24. The van der Waals surface area contributed by atoms with E-state index in [9.17, 15) is 0 Å². The molecule has 0 atom stereocenters. The lowest BCUT2D eigenvalue weighted by Crippen LogP contribution is -1.93. The van der Waals surface area contributed by atoms with Crippen molar-refractivity contribution in [2.45, 2.75) is 11.3 Å². The fraction of sp³-hybridized carbons (Fsp3) is 0.143. The van der Waals surface area contributed by atoms with Gasteiger partial charge in [0.15, 0.2) is 0 Å². The SMILES string of the molecule is ClC(Cl)Cc1ccc(Oc2ccccc2)cc1. The standard InChI is InChI=1S/C14H12Cl2O/c15-14(16)10-11-6-8-13(9-7-11)17-12-4-2-1-3-5-12/h1-9,14H,10H2. The lowest BCUT2D eigenvalue weighted by atomic mass is 10.2. The van der Waals surface area contributed by atoms with Crippen LogP contribution in [0, 0.1) is 0 Å². The van der Waals surface area contributed by atoms with Crippen LogP contribution in [0.25, 0.3) is 0 Å². The molecule has 0 radical (unpaired) electrons. The van der Waals surface area contributed by atoms with Crippen LogP contribution in [0.5, 0.6) is 11.5 Å². The van der Waals surface area contributed by atoms with Gasteiger partial charge in [0, 0.05) is 6.42 Å². The molecule has 0 fully saturated rings. The summed E-state index contributed by atoms with van der Waals surface area (Å²) in [5, 5.41) is 0. The second kappa shape index (κ2) is 5.95. The number of para-hydroxylation sites is 1. The van der Waals surface area contributed by atoms with Gasteiger partial charge >= 0.3 is 0 Å². The van der Waals surface area contributed by atoms with Crippen molar-refractivity contribution in [3.8, 4) is 11.5 Å². The summed E-state index contributed by atoms with van der Waals surface area (Å²) in [6, 6.07) is 17.4. The largest absolute Gasteiger partial charge is 0.457 e. The van der Waals surface area contributed by atoms with E-state index in [1.54, 1.807) is 0 Å². The van der Waals surface area contributed by atoms with Gasteiger partial charge in [-0.25, -0.2) is 0 Å². The summed E-state index contributed by atoms with van der Waals surface area (Å²) >= 11 is 11.4. The van der Waals surface area contributed by atoms with Gasteiger partial charge in [0.2, 0.25) is 0 Å². The Morgan fingerprint density at radius 2 is 1.41 bits per heavy atom. The highest BCUT2D eigenvalue weighted by Crippen LogP contribution is 2.22. The first-order valence-corrected chi connectivity index (χ1v) is 6.21. The Bertz CT molecular complexity index is 451. The Kier molecular flexibility index (Phi) is 4.29. The van der Waals surface area contributed by atoms with Gasteiger partial charge in [0.1, 0.15) is 16.3 Å². The van der Waals surface area contributed by atoms with Gasteiger partial charge in [-0.05, 0) is 29.8 Å². The molecule has 2 rings (SSSR count). The number of benzene rings is 2. The predicted octanol–water partition coefficient (Wildman–Crippen LogP) is 4.83. The average molecular weight is 267 g/mol. The highest BCUT2D eigenvalue weighted by Gasteiger charge is 2.02. The van der Waals surface area contributed by atoms with Crippen molar-refractivity contribution in [1.29, 1.82) is 0 Å². The maximum absolute atomic E-state index is 5.72. The van der Waals surface area contributed by atoms with Crippen LogP contribution in [-0.4, -0.2) is 4.84 Å². The van der Waals surface area contributed by atoms with Crippen molar-refractivity contribution in [1.82, 2.24) is 0 Å². The van der Waals surface area contributed by atoms with Gasteiger partial charge in [-0.2, -0.15) is 0 Å². The fourth-order valence-corrected chi connectivity index (χ4v) is 1.85. The summed E-state index contributed by atoms with van der Waals surface area (Å²) in [5.74, 6) is 1.63. The molecule has 0 N–H and O–H groups in total. The zero-order valence-electron chi connectivity index (χ0n) is 9.14. The van der Waals surface area contributed by atoms with Gasteiger partial charge < -0.3 is 4.74 Å². The number of halogens is 2. The molecule has 0 aliphatic heterocycles. The molecule has 2 aromatic rings. The maximum Gasteiger partial charge on any atom is 0.127 e. The summed E-state index contributed by atoms with van der Waals surface area (Å²) < 4.78 is 5.67. The minimum absolute atomic E-state index is 0.365. The fourth-order valence-electron chi connectivity index (χ4n) is 1.50. The van der Waals surface area contributed by atoms with E-state index in [1.807, 2.05) is 54.6 Å². The van der Waals surface area contributed by atoms with E-state index < -0.39 is 0 Å². The lowest BCUT2D eigenvalue weighted by Gasteiger charge is -2.06. The monoisotopic (exact) mass is 266 g/mol. The molecule has 0 aliphatic carbocycles. The zero-order chi connectivity index (χ0) is 12.1. The van der Waals surface area contributed by atoms with E-state index >= 15 is 0 Å². The van der Waals surface area contributed by atoms with Crippen molar-refractivity contribution in [3.05, 3.63) is 60.2 Å². The molecule has 3 heteroatoms. The molecule has 0 unspecified atom stereocenters. The average Bonchev–Trinajstić information content (AvgIpc) is 2.32. The van der Waals surface area contributed by atoms with Crippen LogP contribution >= 0.6 is 23.2 Å². The quantitative estimate of drug-likeness (QED) is 0.721. The Labute approximate surface area is 111 Å². The Morgan fingerprint density at radius 3 is 2.00 bits per heavy atom. The zero-order valence-corrected chi connectivity index (χ0v) is 10.7. The normalized spacial score (nSPS) is 10.5. The number of hydrogen-bond acceptors (Lipinski definition) is 1. The van der Waals surface area contributed by atoms with Crippen LogP contribution in [0.2, 0.25) is 0 Å². The smallest absolute Gasteiger partial charge is 0.127 e. The molecule has 0 saturated carbocycles. The molecule has 0 aromatic heterocycles. The van der Waals surface area contributed by atoms with E-state index in [0.29, 0.717) is 6.42 Å². The van der Waals surface area contributed by atoms with E-state index in [2.05, 4.69) is 0 Å². The Hall–Kier alpha value is -1.18. The second-order valence-electron chi connectivity index (χ2n) is 3.65. The van der Waals surface area contributed by atoms with E-state index in [-0.39, 0.29) is 4.84 Å². The summed E-state index contributed by atoms with van der Waals surface area (Å²) in [5.41, 5.74) is 1.10. The third-order valence-corrected chi connectivity index (χ3v) is 2.60. The van der Waals surface area contributed by atoms with E-state index in [1.165, 1.54) is 0 Å². The van der Waals surface area contributed by atoms with Crippen LogP contribution < -0.4 is 4.74 Å². The molecule has 0 spiro atoms. The number of hydrogen-bond donors (Lipinski definition) is 0.